The van der Waals surface area contributed by atoms with Crippen LogP contribution < -0.4 is 5.32 Å². The minimum Gasteiger partial charge on any atom is -0.453 e. The molecule has 3 aromatic heterocycles. The first-order chi connectivity index (χ1) is 26.8. The van der Waals surface area contributed by atoms with Crippen molar-refractivity contribution in [2.45, 2.75) is 70.6 Å². The van der Waals surface area contributed by atoms with Gasteiger partial charge in [-0.3, -0.25) is 14.5 Å². The van der Waals surface area contributed by atoms with Crippen LogP contribution in [0.5, 0.6) is 0 Å². The quantitative estimate of drug-likeness (QED) is 0.137. The predicted molar refractivity (Wildman–Crippen MR) is 207 cm³/mol. The molecule has 5 aromatic rings. The number of rotatable bonds is 12. The van der Waals surface area contributed by atoms with Gasteiger partial charge < -0.3 is 29.8 Å². The molecule has 14 nitrogen and oxygen atoms in total. The fourth-order valence-corrected chi connectivity index (χ4v) is 7.78. The Hall–Kier alpha value is -5.89. The van der Waals surface area contributed by atoms with Gasteiger partial charge in [0.1, 0.15) is 23.7 Å². The largest absolute Gasteiger partial charge is 0.453 e. The van der Waals surface area contributed by atoms with Crippen molar-refractivity contribution in [3.63, 3.8) is 0 Å². The molecular formula is C41H48N10O4. The van der Waals surface area contributed by atoms with Crippen molar-refractivity contribution < 1.29 is 19.1 Å². The molecule has 2 saturated heterocycles. The molecule has 286 valence electrons. The molecule has 0 spiro atoms. The van der Waals surface area contributed by atoms with Crippen LogP contribution in [0.25, 0.3) is 33.9 Å². The molecule has 2 aliphatic heterocycles. The third kappa shape index (κ3) is 7.86. The second-order valence-corrected chi connectivity index (χ2v) is 14.0. The number of nitrogens with zero attached hydrogens (tertiary/aromatic N) is 7. The first-order valence-electron chi connectivity index (χ1n) is 19.1. The normalized spacial score (nSPS) is 18.1. The molecule has 0 unspecified atom stereocenters. The fraction of sp³-hybridized carbons (Fsp3) is 0.390. The number of carbonyl (C=O) groups excluding carboxylic acids is 3. The molecule has 2 aromatic carbocycles. The number of aromatic amines is 2. The molecule has 2 fully saturated rings. The number of ether oxygens (including phenoxy) is 1. The van der Waals surface area contributed by atoms with Crippen LogP contribution in [0.2, 0.25) is 0 Å². The number of likely N-dealkylation sites (N-methyl/N-ethyl adjacent to an activating group) is 1. The number of carbonyl (C=O) groups is 3. The Morgan fingerprint density at radius 1 is 0.836 bits per heavy atom. The van der Waals surface area contributed by atoms with E-state index < -0.39 is 12.1 Å². The number of hydrogen-bond acceptors (Lipinski definition) is 9. The van der Waals surface area contributed by atoms with Gasteiger partial charge >= 0.3 is 6.09 Å². The summed E-state index contributed by atoms with van der Waals surface area (Å²) in [7, 11) is 1.27. The van der Waals surface area contributed by atoms with Crippen molar-refractivity contribution in [2.75, 3.05) is 33.3 Å². The molecule has 0 saturated carbocycles. The van der Waals surface area contributed by atoms with E-state index in [1.165, 1.54) is 7.11 Å². The monoisotopic (exact) mass is 744 g/mol. The summed E-state index contributed by atoms with van der Waals surface area (Å²) in [5.41, 5.74) is 5.16. The zero-order valence-electron chi connectivity index (χ0n) is 31.7. The molecule has 3 N–H and O–H groups in total. The van der Waals surface area contributed by atoms with Crippen LogP contribution in [0.15, 0.2) is 79.4 Å². The number of H-pyrrole nitrogens is 2. The lowest BCUT2D eigenvalue weighted by Gasteiger charge is -2.34. The van der Waals surface area contributed by atoms with Crippen LogP contribution in [-0.4, -0.2) is 102 Å². The van der Waals surface area contributed by atoms with Gasteiger partial charge in [0.15, 0.2) is 5.82 Å². The zero-order valence-corrected chi connectivity index (χ0v) is 31.7. The van der Waals surface area contributed by atoms with Gasteiger partial charge in [-0.25, -0.2) is 24.7 Å². The van der Waals surface area contributed by atoms with E-state index in [-0.39, 0.29) is 29.9 Å². The Kier molecular flexibility index (Phi) is 11.3. The lowest BCUT2D eigenvalue weighted by Crippen LogP contribution is -2.46. The minimum atomic E-state index is -0.717. The van der Waals surface area contributed by atoms with E-state index in [0.717, 1.165) is 72.5 Å². The Morgan fingerprint density at radius 2 is 1.47 bits per heavy atom. The molecule has 55 heavy (non-hydrogen) atoms. The second-order valence-electron chi connectivity index (χ2n) is 14.0. The molecule has 7 rings (SSSR count). The zero-order chi connectivity index (χ0) is 38.5. The van der Waals surface area contributed by atoms with E-state index in [9.17, 15) is 14.4 Å². The smallest absolute Gasteiger partial charge is 0.407 e. The van der Waals surface area contributed by atoms with Gasteiger partial charge in [0.05, 0.1) is 36.8 Å². The van der Waals surface area contributed by atoms with Crippen LogP contribution in [0.4, 0.5) is 4.79 Å². The first-order valence-corrected chi connectivity index (χ1v) is 19.1. The molecule has 4 atom stereocenters. The van der Waals surface area contributed by atoms with Crippen LogP contribution in [-0.2, 0) is 14.3 Å². The molecule has 3 amide bonds. The lowest BCUT2D eigenvalue weighted by atomic mass is 10.0. The standard InChI is InChI=1S/C41H48N10O4/c1-5-49(6-2)35(28-12-8-7-9-13-28)40(53)51-21-11-15-34(51)38-44-24-31(47-38)27-16-18-29(19-17-27)36-42-22-30(23-43-36)32-25-45-37(48-32)33-14-10-20-50(33)39(52)26(3)46-41(54)55-4/h7-9,12-13,16-19,22-26,33-35H,5-6,10-11,14-15,20-21H2,1-4H3,(H,44,47)(H,45,48)(H,46,54)/t26-,33-,34-,35+/m0/s1. The number of hydrogen-bond donors (Lipinski definition) is 3. The maximum Gasteiger partial charge on any atom is 0.407 e. The second kappa shape index (κ2) is 16.6. The van der Waals surface area contributed by atoms with E-state index in [2.05, 4.69) is 48.7 Å². The molecular weight excluding hydrogens is 697 g/mol. The number of nitrogens with one attached hydrogen (secondary N) is 3. The summed E-state index contributed by atoms with van der Waals surface area (Å²) >= 11 is 0. The van der Waals surface area contributed by atoms with E-state index in [4.69, 9.17) is 9.97 Å². The maximum absolute atomic E-state index is 14.2. The highest BCUT2D eigenvalue weighted by molar-refractivity contribution is 5.86. The molecule has 2 aliphatic rings. The highest BCUT2D eigenvalue weighted by Crippen LogP contribution is 2.36. The topological polar surface area (TPSA) is 165 Å². The lowest BCUT2D eigenvalue weighted by molar-refractivity contribution is -0.138. The van der Waals surface area contributed by atoms with Crippen molar-refractivity contribution >= 4 is 17.9 Å². The fourth-order valence-electron chi connectivity index (χ4n) is 7.78. The van der Waals surface area contributed by atoms with E-state index in [1.54, 1.807) is 30.4 Å². The van der Waals surface area contributed by atoms with Crippen molar-refractivity contribution in [1.29, 1.82) is 0 Å². The van der Waals surface area contributed by atoms with E-state index in [0.29, 0.717) is 30.4 Å². The molecule has 5 heterocycles. The van der Waals surface area contributed by atoms with Gasteiger partial charge in [0, 0.05) is 42.8 Å². The van der Waals surface area contributed by atoms with Gasteiger partial charge in [-0.1, -0.05) is 68.4 Å². The predicted octanol–water partition coefficient (Wildman–Crippen LogP) is 6.08. The summed E-state index contributed by atoms with van der Waals surface area (Å²) in [6.45, 7) is 8.70. The average Bonchev–Trinajstić information content (AvgIpc) is 4.07. The van der Waals surface area contributed by atoms with Crippen LogP contribution in [0, 0.1) is 0 Å². The van der Waals surface area contributed by atoms with Crippen LogP contribution in [0.1, 0.15) is 81.8 Å². The Morgan fingerprint density at radius 3 is 2.13 bits per heavy atom. The van der Waals surface area contributed by atoms with Gasteiger partial charge in [-0.15, -0.1) is 0 Å². The average molecular weight is 745 g/mol. The van der Waals surface area contributed by atoms with Crippen LogP contribution in [0.3, 0.4) is 0 Å². The summed E-state index contributed by atoms with van der Waals surface area (Å²) in [5.74, 6) is 1.99. The van der Waals surface area contributed by atoms with Crippen molar-refractivity contribution in [2.24, 2.45) is 0 Å². The summed E-state index contributed by atoms with van der Waals surface area (Å²) in [6.07, 6.45) is 9.87. The Balaban J connectivity index is 1.01. The third-order valence-electron chi connectivity index (χ3n) is 10.7. The van der Waals surface area contributed by atoms with E-state index in [1.807, 2.05) is 65.7 Å². The SMILES string of the molecule is CCN(CC)[C@@H](C(=O)N1CCC[C@H]1c1ncc(-c2ccc(-c3ncc(-c4c[nH]c([C@@H]5CCCN5C(=O)[C@H](C)NC(=O)OC)n4)cn3)cc2)[nH]1)c1ccccc1. The maximum atomic E-state index is 14.2. The number of methoxy groups -OCH3 is 1. The van der Waals surface area contributed by atoms with Crippen molar-refractivity contribution in [1.82, 2.24) is 49.9 Å². The molecule has 0 aliphatic carbocycles. The van der Waals surface area contributed by atoms with Gasteiger partial charge in [-0.2, -0.15) is 0 Å². The minimum absolute atomic E-state index is 0.113. The van der Waals surface area contributed by atoms with Gasteiger partial charge in [-0.05, 0) is 56.8 Å². The van der Waals surface area contributed by atoms with Crippen LogP contribution >= 0.6 is 0 Å². The number of aromatic nitrogens is 6. The summed E-state index contributed by atoms with van der Waals surface area (Å²) < 4.78 is 4.64. The number of benzene rings is 2. The van der Waals surface area contributed by atoms with Crippen molar-refractivity contribution in [3.05, 3.63) is 96.6 Å². The summed E-state index contributed by atoms with van der Waals surface area (Å²) in [6, 6.07) is 16.7. The highest BCUT2D eigenvalue weighted by Gasteiger charge is 2.38. The number of likely N-dealkylation sites (tertiary alicyclic amines) is 2. The number of imidazole rings is 2. The highest BCUT2D eigenvalue weighted by atomic mass is 16.5. The summed E-state index contributed by atoms with van der Waals surface area (Å²) in [5, 5.41) is 2.55. The third-order valence-corrected chi connectivity index (χ3v) is 10.7. The molecule has 0 bridgehead atoms. The number of alkyl carbamates (subject to hydrolysis) is 1. The summed E-state index contributed by atoms with van der Waals surface area (Å²) in [4.78, 5) is 70.5. The Labute approximate surface area is 320 Å². The molecule has 14 heteroatoms. The molecule has 0 radical (unpaired) electrons. The Bertz CT molecular complexity index is 2080. The first kappa shape index (κ1) is 37.4. The van der Waals surface area contributed by atoms with Crippen molar-refractivity contribution in [3.8, 4) is 33.9 Å². The van der Waals surface area contributed by atoms with Gasteiger partial charge in [0.2, 0.25) is 11.8 Å². The number of amides is 3. The van der Waals surface area contributed by atoms with Gasteiger partial charge in [0.25, 0.3) is 0 Å². The van der Waals surface area contributed by atoms with E-state index >= 15 is 0 Å².